The number of alkyl halides is 13. The summed E-state index contributed by atoms with van der Waals surface area (Å²) in [5, 5.41) is 13.7. The van der Waals surface area contributed by atoms with Crippen molar-refractivity contribution in [2.75, 3.05) is 11.0 Å². The molecule has 0 atom stereocenters. The summed E-state index contributed by atoms with van der Waals surface area (Å²) in [7, 11) is 2.13. The number of hydrogen-bond acceptors (Lipinski definition) is 6. The van der Waals surface area contributed by atoms with E-state index < -0.39 is 64.1 Å². The second-order valence-electron chi connectivity index (χ2n) is 6.72. The van der Waals surface area contributed by atoms with Gasteiger partial charge in [-0.15, -0.1) is 5.10 Å². The summed E-state index contributed by atoms with van der Waals surface area (Å²) in [5.74, 6) is -0.669. The molecule has 1 N–H and O–H groups in total. The second kappa shape index (κ2) is 20.6. The van der Waals surface area contributed by atoms with Gasteiger partial charge in [-0.25, -0.2) is 0 Å². The van der Waals surface area contributed by atoms with Gasteiger partial charge in [-0.2, -0.15) is 52.7 Å². The van der Waals surface area contributed by atoms with Gasteiger partial charge in [-0.3, -0.25) is 24.1 Å². The maximum atomic E-state index is 12.5. The van der Waals surface area contributed by atoms with Gasteiger partial charge in [0, 0.05) is 25.2 Å². The molecule has 0 amide bonds. The summed E-state index contributed by atoms with van der Waals surface area (Å²) in [6, 6.07) is 0. The first-order chi connectivity index (χ1) is 17.3. The van der Waals surface area contributed by atoms with Crippen molar-refractivity contribution in [3.63, 3.8) is 0 Å². The number of H-pyrrole nitrogens is 1. The molecule has 0 aliphatic rings. The van der Waals surface area contributed by atoms with Crippen molar-refractivity contribution in [2.24, 2.45) is 14.1 Å². The summed E-state index contributed by atoms with van der Waals surface area (Å²) in [6.07, 6.45) is -17.8. The number of carbonyl (C=O) groups is 1. The second-order valence-corrected chi connectivity index (χ2v) is 7.48. The number of rotatable bonds is 3. The Hall–Kier alpha value is 0.613. The minimum Gasteiger partial charge on any atom is -1.00 e. The van der Waals surface area contributed by atoms with E-state index in [9.17, 15) is 57.5 Å². The predicted molar refractivity (Wildman–Crippen MR) is 113 cm³/mol. The molecule has 2 heterocycles. The maximum absolute atomic E-state index is 12.5. The number of hydrogen-bond donors (Lipinski definition) is 1. The first kappa shape index (κ1) is 48.5. The third kappa shape index (κ3) is 20.3. The average Bonchev–Trinajstić information content (AvgIpc) is 3.18. The van der Waals surface area contributed by atoms with Crippen molar-refractivity contribution in [3.05, 3.63) is 32.9 Å². The van der Waals surface area contributed by atoms with Gasteiger partial charge in [-0.05, 0) is 13.8 Å². The van der Waals surface area contributed by atoms with Crippen LogP contribution >= 0.6 is 22.6 Å². The van der Waals surface area contributed by atoms with Crippen molar-refractivity contribution >= 4 is 29.1 Å². The van der Waals surface area contributed by atoms with E-state index in [1.54, 1.807) is 0 Å². The van der Waals surface area contributed by atoms with Crippen LogP contribution in [0, 0.1) is 13.8 Å². The third-order valence-corrected chi connectivity index (χ3v) is 4.51. The zero-order valence-corrected chi connectivity index (χ0v) is 30.2. The Morgan fingerprint density at radius 1 is 0.902 bits per heavy atom. The number of aromatic nitrogens is 4. The smallest absolute Gasteiger partial charge is 1.00 e. The molecule has 9 nitrogen and oxygen atoms in total. The van der Waals surface area contributed by atoms with Crippen molar-refractivity contribution in [1.82, 2.24) is 19.6 Å². The average molecular weight is 792 g/mol. The van der Waals surface area contributed by atoms with Crippen LogP contribution in [0.25, 0.3) is 0 Å². The normalized spacial score (nSPS) is 11.2. The number of ether oxygens (including phenoxy) is 1. The molecule has 0 unspecified atom stereocenters. The van der Waals surface area contributed by atoms with Gasteiger partial charge in [-0.1, -0.05) is 22.6 Å². The number of halogens is 13. The van der Waals surface area contributed by atoms with Crippen LogP contribution in [0.5, 0.6) is 5.88 Å². The summed E-state index contributed by atoms with van der Waals surface area (Å²) < 4.78 is 146. The monoisotopic (exact) mass is 792 g/mol. The van der Waals surface area contributed by atoms with Crippen molar-refractivity contribution < 1.29 is 177 Å². The van der Waals surface area contributed by atoms with Crippen LogP contribution in [0.1, 0.15) is 23.9 Å². The number of nitrogens with zero attached hydrogens (tertiary/aromatic N) is 3. The largest absolute Gasteiger partial charge is 1.00 e. The quantitative estimate of drug-likeness (QED) is 0.0753. The van der Waals surface area contributed by atoms with Crippen LogP contribution in [0.2, 0.25) is 0 Å². The molecule has 41 heavy (non-hydrogen) atoms. The standard InChI is InChI=1S/C8H8F6N2O.C6H7F3N2O.C2H2F3I.CH2O3.2K.H/c1-4-5(8(12,13)14)16(2)15-6(4)17-3-7(9,10)11;1-3-4(6(7,8)9)11(2)10-5(3)12;3-2(4,5)1-6;2-1-4-3;;;/h3H2,1-2H3;1-2H3,(H,10,12);1H2;1,3H;;;/q;;;;2*+1;-1/p-1. The minimum atomic E-state index is -4.69. The molecule has 0 fully saturated rings. The molecule has 0 aromatic carbocycles. The molecule has 2 aromatic heterocycles. The van der Waals surface area contributed by atoms with E-state index in [-0.39, 0.29) is 116 Å². The Labute approximate surface area is 323 Å². The van der Waals surface area contributed by atoms with E-state index >= 15 is 0 Å². The Morgan fingerprint density at radius 2 is 1.29 bits per heavy atom. The molecule has 0 bridgehead atoms. The topological polar surface area (TPSA) is 114 Å². The molecule has 0 radical (unpaired) electrons. The van der Waals surface area contributed by atoms with Crippen molar-refractivity contribution in [2.45, 2.75) is 38.6 Å². The Balaban J connectivity index is -0.000000160. The zero-order valence-electron chi connectivity index (χ0n) is 22.8. The van der Waals surface area contributed by atoms with Gasteiger partial charge in [0.25, 0.3) is 12.0 Å². The van der Waals surface area contributed by atoms with E-state index in [0.29, 0.717) is 9.36 Å². The summed E-state index contributed by atoms with van der Waals surface area (Å²) in [6.45, 7) is 0.283. The first-order valence-electron chi connectivity index (χ1n) is 9.32. The number of carbonyl (C=O) groups excluding carboxylic acids is 1. The Bertz CT molecular complexity index is 1100. The van der Waals surface area contributed by atoms with E-state index in [2.05, 4.69) is 14.7 Å². The summed E-state index contributed by atoms with van der Waals surface area (Å²) in [5.41, 5.74) is -3.53. The molecular formula is C17H19F12IK2N4O5. The molecule has 0 aliphatic carbocycles. The maximum Gasteiger partial charge on any atom is 1.00 e. The van der Waals surface area contributed by atoms with Gasteiger partial charge >= 0.3 is 127 Å². The van der Waals surface area contributed by atoms with Gasteiger partial charge < -0.3 is 16.3 Å². The molecular weight excluding hydrogens is 773 g/mol. The Kier molecular flexibility index (Phi) is 24.4. The van der Waals surface area contributed by atoms with Gasteiger partial charge in [0.15, 0.2) is 6.61 Å². The van der Waals surface area contributed by atoms with Crippen LogP contribution in [0.4, 0.5) is 52.7 Å². The number of aryl methyl sites for hydroxylation is 2. The molecule has 0 spiro atoms. The van der Waals surface area contributed by atoms with Gasteiger partial charge in [0.1, 0.15) is 11.4 Å². The molecule has 230 valence electrons. The predicted octanol–water partition coefficient (Wildman–Crippen LogP) is -1.73. The van der Waals surface area contributed by atoms with Crippen LogP contribution in [-0.4, -0.2) is 49.4 Å². The van der Waals surface area contributed by atoms with Gasteiger partial charge in [0.05, 0.1) is 4.43 Å². The SMILES string of the molecule is Cc1c(C(F)(F)F)n(C)[nH]c1=O.Cc1c(OCC(F)(F)F)nn(C)c1C(F)(F)F.FC(F)(F)CI.O=CO[O-].[H-].[K+].[K+]. The minimum absolute atomic E-state index is 0. The van der Waals surface area contributed by atoms with Crippen molar-refractivity contribution in [3.8, 4) is 5.88 Å². The van der Waals surface area contributed by atoms with Crippen LogP contribution in [0.15, 0.2) is 4.79 Å². The van der Waals surface area contributed by atoms with Gasteiger partial charge in [0.2, 0.25) is 5.88 Å². The molecule has 0 saturated carbocycles. The van der Waals surface area contributed by atoms with Crippen LogP contribution in [0.3, 0.4) is 0 Å². The zero-order chi connectivity index (χ0) is 31.6. The Morgan fingerprint density at radius 3 is 1.49 bits per heavy atom. The molecule has 2 rings (SSSR count). The number of aromatic amines is 1. The fourth-order valence-corrected chi connectivity index (χ4v) is 2.34. The van der Waals surface area contributed by atoms with Crippen LogP contribution in [-0.2, 0) is 36.1 Å². The fraction of sp³-hybridized carbons (Fsp3) is 0.588. The number of nitrogens with one attached hydrogen (secondary N) is 1. The van der Waals surface area contributed by atoms with Crippen molar-refractivity contribution in [1.29, 1.82) is 0 Å². The first-order valence-corrected chi connectivity index (χ1v) is 10.8. The molecule has 0 saturated heterocycles. The molecule has 0 aliphatic heterocycles. The van der Waals surface area contributed by atoms with E-state index in [1.165, 1.54) is 22.6 Å². The third-order valence-electron chi connectivity index (χ3n) is 3.64. The molecule has 2 aromatic rings. The van der Waals surface area contributed by atoms with E-state index in [4.69, 9.17) is 10.1 Å². The summed E-state index contributed by atoms with van der Waals surface area (Å²) in [4.78, 5) is 22.0. The summed E-state index contributed by atoms with van der Waals surface area (Å²) >= 11 is 1.27. The van der Waals surface area contributed by atoms with E-state index in [1.807, 2.05) is 5.10 Å². The fourth-order valence-electron chi connectivity index (χ4n) is 2.34. The van der Waals surface area contributed by atoms with E-state index in [0.717, 1.165) is 27.9 Å². The van der Waals surface area contributed by atoms with Crippen LogP contribution < -0.4 is 118 Å². The molecule has 24 heteroatoms.